The molecule has 100 valence electrons. The largest absolute Gasteiger partial charge is 0.303 e. The minimum absolute atomic E-state index is 0.0557. The molecule has 1 aliphatic rings. The molecule has 3 N–H and O–H groups in total. The van der Waals surface area contributed by atoms with Crippen molar-refractivity contribution in [3.63, 3.8) is 0 Å². The zero-order valence-corrected chi connectivity index (χ0v) is 11.2. The molecule has 1 fully saturated rings. The quantitative estimate of drug-likeness (QED) is 0.436. The Morgan fingerprint density at radius 3 is 2.82 bits per heavy atom. The minimum Gasteiger partial charge on any atom is -0.303 e. The van der Waals surface area contributed by atoms with Crippen molar-refractivity contribution in [3.05, 3.63) is 0 Å². The monoisotopic (exact) mass is 241 g/mol. The van der Waals surface area contributed by atoms with Crippen LogP contribution in [0.1, 0.15) is 46.0 Å². The van der Waals surface area contributed by atoms with E-state index >= 15 is 0 Å². The first-order valence-corrected chi connectivity index (χ1v) is 6.85. The van der Waals surface area contributed by atoms with E-state index in [4.69, 9.17) is 5.84 Å². The van der Waals surface area contributed by atoms with Gasteiger partial charge in [0.2, 0.25) is 5.91 Å². The Morgan fingerprint density at radius 2 is 2.18 bits per heavy atom. The molecule has 17 heavy (non-hydrogen) atoms. The van der Waals surface area contributed by atoms with Crippen molar-refractivity contribution in [2.24, 2.45) is 17.7 Å². The van der Waals surface area contributed by atoms with Crippen molar-refractivity contribution in [2.75, 3.05) is 19.6 Å². The lowest BCUT2D eigenvalue weighted by atomic mass is 9.89. The fraction of sp³-hybridized carbons (Fsp3) is 0.923. The molecule has 1 heterocycles. The first-order valence-electron chi connectivity index (χ1n) is 6.85. The second-order valence-corrected chi connectivity index (χ2v) is 5.45. The summed E-state index contributed by atoms with van der Waals surface area (Å²) in [6, 6.07) is 0. The van der Waals surface area contributed by atoms with E-state index in [9.17, 15) is 4.79 Å². The average molecular weight is 241 g/mol. The third-order valence-corrected chi connectivity index (χ3v) is 3.85. The van der Waals surface area contributed by atoms with Gasteiger partial charge in [0.05, 0.1) is 0 Å². The van der Waals surface area contributed by atoms with E-state index in [0.29, 0.717) is 6.42 Å². The molecular weight excluding hydrogens is 214 g/mol. The zero-order chi connectivity index (χ0) is 12.7. The van der Waals surface area contributed by atoms with E-state index in [1.165, 1.54) is 32.4 Å². The van der Waals surface area contributed by atoms with Crippen LogP contribution in [0.25, 0.3) is 0 Å². The van der Waals surface area contributed by atoms with Crippen molar-refractivity contribution in [1.29, 1.82) is 0 Å². The van der Waals surface area contributed by atoms with Crippen LogP contribution >= 0.6 is 0 Å². The van der Waals surface area contributed by atoms with Crippen molar-refractivity contribution < 1.29 is 4.79 Å². The lowest BCUT2D eigenvalue weighted by Crippen LogP contribution is -2.31. The van der Waals surface area contributed by atoms with Crippen LogP contribution in [-0.2, 0) is 4.79 Å². The number of nitrogens with two attached hydrogens (primary N) is 1. The molecule has 1 amide bonds. The number of carbonyl (C=O) groups excluding carboxylic acids is 1. The van der Waals surface area contributed by atoms with Gasteiger partial charge in [-0.25, -0.2) is 5.84 Å². The standard InChI is InChI=1S/C13H27N3O/c1-11(2)12-5-3-8-16(10-7-12)9-4-6-13(17)15-14/h11-12H,3-10,14H2,1-2H3,(H,15,17). The summed E-state index contributed by atoms with van der Waals surface area (Å²) in [5, 5.41) is 0. The normalized spacial score (nSPS) is 22.5. The highest BCUT2D eigenvalue weighted by atomic mass is 16.2. The topological polar surface area (TPSA) is 58.4 Å². The van der Waals surface area contributed by atoms with Gasteiger partial charge >= 0.3 is 0 Å². The fourth-order valence-corrected chi connectivity index (χ4v) is 2.61. The van der Waals surface area contributed by atoms with E-state index in [1.54, 1.807) is 0 Å². The summed E-state index contributed by atoms with van der Waals surface area (Å²) >= 11 is 0. The lowest BCUT2D eigenvalue weighted by molar-refractivity contribution is -0.121. The van der Waals surface area contributed by atoms with E-state index in [2.05, 4.69) is 24.2 Å². The van der Waals surface area contributed by atoms with Gasteiger partial charge in [-0.1, -0.05) is 13.8 Å². The van der Waals surface area contributed by atoms with Crippen molar-refractivity contribution >= 4 is 5.91 Å². The first-order chi connectivity index (χ1) is 8.13. The maximum atomic E-state index is 11.0. The summed E-state index contributed by atoms with van der Waals surface area (Å²) in [5.41, 5.74) is 2.18. The zero-order valence-electron chi connectivity index (χ0n) is 11.2. The second-order valence-electron chi connectivity index (χ2n) is 5.45. The Labute approximate surface area is 105 Å². The average Bonchev–Trinajstić information content (AvgIpc) is 2.54. The first kappa shape index (κ1) is 14.5. The summed E-state index contributed by atoms with van der Waals surface area (Å²) < 4.78 is 0. The molecule has 0 aromatic heterocycles. The number of hydrogen-bond acceptors (Lipinski definition) is 3. The van der Waals surface area contributed by atoms with Crippen molar-refractivity contribution in [1.82, 2.24) is 10.3 Å². The van der Waals surface area contributed by atoms with Crippen molar-refractivity contribution in [3.8, 4) is 0 Å². The molecule has 4 heteroatoms. The summed E-state index contributed by atoms with van der Waals surface area (Å²) in [6.45, 7) is 8.05. The number of nitrogens with zero attached hydrogens (tertiary/aromatic N) is 1. The van der Waals surface area contributed by atoms with E-state index in [0.717, 1.165) is 24.8 Å². The predicted octanol–water partition coefficient (Wildman–Crippen LogP) is 1.51. The number of carbonyl (C=O) groups is 1. The summed E-state index contributed by atoms with van der Waals surface area (Å²) in [7, 11) is 0. The van der Waals surface area contributed by atoms with Gasteiger partial charge < -0.3 is 4.90 Å². The third-order valence-electron chi connectivity index (χ3n) is 3.85. The number of nitrogens with one attached hydrogen (secondary N) is 1. The predicted molar refractivity (Wildman–Crippen MR) is 70.2 cm³/mol. The van der Waals surface area contributed by atoms with Gasteiger partial charge in [-0.2, -0.15) is 0 Å². The number of hydrazine groups is 1. The Balaban J connectivity index is 2.20. The van der Waals surface area contributed by atoms with Gasteiger partial charge in [0.15, 0.2) is 0 Å². The molecular formula is C13H27N3O. The molecule has 1 aliphatic heterocycles. The van der Waals surface area contributed by atoms with Crippen LogP contribution in [0, 0.1) is 11.8 Å². The van der Waals surface area contributed by atoms with E-state index in [-0.39, 0.29) is 5.91 Å². The van der Waals surface area contributed by atoms with Crippen LogP contribution in [0.5, 0.6) is 0 Å². The molecule has 1 unspecified atom stereocenters. The van der Waals surface area contributed by atoms with Crippen LogP contribution in [-0.4, -0.2) is 30.4 Å². The molecule has 4 nitrogen and oxygen atoms in total. The molecule has 0 aromatic rings. The molecule has 0 spiro atoms. The smallest absolute Gasteiger partial charge is 0.233 e. The summed E-state index contributed by atoms with van der Waals surface area (Å²) in [5.74, 6) is 6.68. The maximum absolute atomic E-state index is 11.0. The van der Waals surface area contributed by atoms with Crippen LogP contribution in [0.3, 0.4) is 0 Å². The van der Waals surface area contributed by atoms with Gasteiger partial charge in [-0.3, -0.25) is 10.2 Å². The Kier molecular flexibility index (Phi) is 6.52. The minimum atomic E-state index is -0.0557. The summed E-state index contributed by atoms with van der Waals surface area (Å²) in [4.78, 5) is 13.5. The van der Waals surface area contributed by atoms with Gasteiger partial charge in [0.25, 0.3) is 0 Å². The molecule has 0 radical (unpaired) electrons. The van der Waals surface area contributed by atoms with Crippen molar-refractivity contribution in [2.45, 2.75) is 46.0 Å². The molecule has 0 bridgehead atoms. The van der Waals surface area contributed by atoms with Gasteiger partial charge in [-0.05, 0) is 57.2 Å². The van der Waals surface area contributed by atoms with Gasteiger partial charge in [-0.15, -0.1) is 0 Å². The van der Waals surface area contributed by atoms with Crippen LogP contribution in [0.2, 0.25) is 0 Å². The molecule has 0 saturated carbocycles. The summed E-state index contributed by atoms with van der Waals surface area (Å²) in [6.07, 6.45) is 5.42. The SMILES string of the molecule is CC(C)C1CCCN(CCCC(=O)NN)CC1. The number of rotatable bonds is 5. The second kappa shape index (κ2) is 7.67. The highest BCUT2D eigenvalue weighted by molar-refractivity contribution is 5.75. The Bertz CT molecular complexity index is 231. The number of likely N-dealkylation sites (tertiary alicyclic amines) is 1. The molecule has 1 atom stereocenters. The number of hydrogen-bond donors (Lipinski definition) is 2. The maximum Gasteiger partial charge on any atom is 0.233 e. The Hall–Kier alpha value is -0.610. The highest BCUT2D eigenvalue weighted by Crippen LogP contribution is 2.24. The molecule has 0 aromatic carbocycles. The fourth-order valence-electron chi connectivity index (χ4n) is 2.61. The molecule has 1 rings (SSSR count). The van der Waals surface area contributed by atoms with E-state index < -0.39 is 0 Å². The van der Waals surface area contributed by atoms with Gasteiger partial charge in [0, 0.05) is 6.42 Å². The molecule has 1 saturated heterocycles. The number of amides is 1. The van der Waals surface area contributed by atoms with Crippen LogP contribution in [0.4, 0.5) is 0 Å². The van der Waals surface area contributed by atoms with Gasteiger partial charge in [0.1, 0.15) is 0 Å². The third kappa shape index (κ3) is 5.50. The van der Waals surface area contributed by atoms with Crippen LogP contribution in [0.15, 0.2) is 0 Å². The lowest BCUT2D eigenvalue weighted by Gasteiger charge is -2.21. The molecule has 0 aliphatic carbocycles. The highest BCUT2D eigenvalue weighted by Gasteiger charge is 2.19. The van der Waals surface area contributed by atoms with Crippen LogP contribution < -0.4 is 11.3 Å². The Morgan fingerprint density at radius 1 is 1.41 bits per heavy atom. The van der Waals surface area contributed by atoms with E-state index in [1.807, 2.05) is 0 Å².